The Hall–Kier alpha value is -3.55. The molecule has 2 aliphatic rings. The number of rotatable bonds is 9. The molecule has 0 N–H and O–H groups in total. The molecule has 2 fully saturated rings. The van der Waals surface area contributed by atoms with Gasteiger partial charge in [-0.2, -0.15) is 5.26 Å². The predicted octanol–water partition coefficient (Wildman–Crippen LogP) is 3.20. The third-order valence-corrected chi connectivity index (χ3v) is 7.38. The molecule has 2 aliphatic heterocycles. The lowest BCUT2D eigenvalue weighted by Crippen LogP contribution is -2.38. The van der Waals surface area contributed by atoms with Crippen molar-refractivity contribution in [3.8, 4) is 17.6 Å². The molecule has 2 atom stereocenters. The van der Waals surface area contributed by atoms with Crippen LogP contribution >= 0.6 is 11.3 Å². The molecule has 0 aliphatic carbocycles. The van der Waals surface area contributed by atoms with E-state index in [4.69, 9.17) is 18.9 Å². The van der Waals surface area contributed by atoms with Gasteiger partial charge in [-0.25, -0.2) is 0 Å². The van der Waals surface area contributed by atoms with Crippen molar-refractivity contribution in [2.24, 2.45) is 0 Å². The molecule has 2 saturated heterocycles. The van der Waals surface area contributed by atoms with Gasteiger partial charge in [-0.15, -0.1) is 11.3 Å². The minimum Gasteiger partial charge on any atom is -0.493 e. The Labute approximate surface area is 214 Å². The Morgan fingerprint density at radius 1 is 1.11 bits per heavy atom. The van der Waals surface area contributed by atoms with E-state index in [1.165, 1.54) is 7.11 Å². The van der Waals surface area contributed by atoms with Crippen LogP contribution in [-0.4, -0.2) is 76.5 Å². The van der Waals surface area contributed by atoms with E-state index in [0.717, 1.165) is 41.4 Å². The number of allylic oxidation sites excluding steroid dienone is 1. The Balaban J connectivity index is 1.31. The van der Waals surface area contributed by atoms with Gasteiger partial charge in [-0.3, -0.25) is 14.5 Å². The van der Waals surface area contributed by atoms with Crippen LogP contribution in [0.2, 0.25) is 0 Å². The van der Waals surface area contributed by atoms with Gasteiger partial charge in [0.25, 0.3) is 0 Å². The fraction of sp³-hybridized carbons (Fsp3) is 0.423. The maximum Gasteiger partial charge on any atom is 0.324 e. The van der Waals surface area contributed by atoms with Gasteiger partial charge in [-0.05, 0) is 42.0 Å². The van der Waals surface area contributed by atoms with Gasteiger partial charge in [0.05, 0.1) is 44.5 Å². The summed E-state index contributed by atoms with van der Waals surface area (Å²) in [4.78, 5) is 28.7. The van der Waals surface area contributed by atoms with Crippen LogP contribution in [-0.2, 0) is 19.1 Å². The number of benzene rings is 1. The topological polar surface area (TPSA) is 101 Å². The average molecular weight is 512 g/mol. The van der Waals surface area contributed by atoms with Gasteiger partial charge >= 0.3 is 11.9 Å². The van der Waals surface area contributed by atoms with E-state index in [9.17, 15) is 14.9 Å². The van der Waals surface area contributed by atoms with E-state index < -0.39 is 0 Å². The first-order valence-corrected chi connectivity index (χ1v) is 12.5. The van der Waals surface area contributed by atoms with Crippen molar-refractivity contribution in [2.45, 2.75) is 25.0 Å². The molecule has 10 heteroatoms. The van der Waals surface area contributed by atoms with Crippen molar-refractivity contribution in [3.05, 3.63) is 40.8 Å². The molecular formula is C26H29N3O6S. The van der Waals surface area contributed by atoms with Crippen LogP contribution < -0.4 is 14.4 Å². The van der Waals surface area contributed by atoms with E-state index in [-0.39, 0.29) is 30.6 Å². The normalized spacial score (nSPS) is 19.8. The first-order valence-electron chi connectivity index (χ1n) is 11.7. The largest absolute Gasteiger partial charge is 0.493 e. The standard InChI is InChI=1S/C26H29N3O6S/c1-32-22-6-4-17(13-23(22)33-2)18(14-27)12-20-5-7-24(36-20)28-10-8-19(9-11-28)35-25(30)16-29-15-21(29)26(31)34-3/h4-7,12-13,19,21H,8-11,15-16H2,1-3H3/b18-12+. The molecule has 36 heavy (non-hydrogen) atoms. The lowest BCUT2D eigenvalue weighted by Gasteiger charge is -2.32. The molecule has 0 radical (unpaired) electrons. The number of nitrogens with zero attached hydrogens (tertiary/aromatic N) is 3. The molecule has 2 aromatic rings. The highest BCUT2D eigenvalue weighted by Crippen LogP contribution is 2.34. The number of hydrogen-bond acceptors (Lipinski definition) is 10. The van der Waals surface area contributed by atoms with Gasteiger partial charge in [-0.1, -0.05) is 0 Å². The molecule has 0 amide bonds. The summed E-state index contributed by atoms with van der Waals surface area (Å²) in [6.45, 7) is 2.20. The first-order chi connectivity index (χ1) is 17.4. The van der Waals surface area contributed by atoms with E-state index in [2.05, 4.69) is 17.0 Å². The van der Waals surface area contributed by atoms with E-state index in [1.807, 2.05) is 18.2 Å². The Bertz CT molecular complexity index is 1180. The van der Waals surface area contributed by atoms with Gasteiger partial charge < -0.3 is 23.8 Å². The number of carbonyl (C=O) groups is 2. The van der Waals surface area contributed by atoms with Crippen LogP contribution in [0.15, 0.2) is 30.3 Å². The number of ether oxygens (including phenoxy) is 4. The number of anilines is 1. The molecular weight excluding hydrogens is 482 g/mol. The smallest absolute Gasteiger partial charge is 0.324 e. The summed E-state index contributed by atoms with van der Waals surface area (Å²) in [5.41, 5.74) is 1.30. The number of nitriles is 1. The Morgan fingerprint density at radius 3 is 2.53 bits per heavy atom. The van der Waals surface area contributed by atoms with Gasteiger partial charge in [0.15, 0.2) is 11.5 Å². The third kappa shape index (κ3) is 5.98. The Morgan fingerprint density at radius 2 is 1.86 bits per heavy atom. The predicted molar refractivity (Wildman–Crippen MR) is 136 cm³/mol. The lowest BCUT2D eigenvalue weighted by molar-refractivity contribution is -0.150. The highest BCUT2D eigenvalue weighted by Gasteiger charge is 2.43. The van der Waals surface area contributed by atoms with Crippen molar-refractivity contribution >= 4 is 39.9 Å². The number of piperidine rings is 1. The molecule has 1 aromatic carbocycles. The maximum absolute atomic E-state index is 12.2. The molecule has 0 bridgehead atoms. The summed E-state index contributed by atoms with van der Waals surface area (Å²) in [5.74, 6) is 0.570. The van der Waals surface area contributed by atoms with Crippen molar-refractivity contribution in [1.29, 1.82) is 5.26 Å². The minimum absolute atomic E-state index is 0.113. The first kappa shape index (κ1) is 25.5. The summed E-state index contributed by atoms with van der Waals surface area (Å²) in [7, 11) is 4.49. The van der Waals surface area contributed by atoms with Crippen LogP contribution in [0.3, 0.4) is 0 Å². The average Bonchev–Trinajstić information content (AvgIpc) is 3.50. The molecule has 0 saturated carbocycles. The van der Waals surface area contributed by atoms with Crippen molar-refractivity contribution in [3.63, 3.8) is 0 Å². The van der Waals surface area contributed by atoms with E-state index in [1.54, 1.807) is 42.6 Å². The van der Waals surface area contributed by atoms with Crippen molar-refractivity contribution in [2.75, 3.05) is 52.4 Å². The second-order valence-corrected chi connectivity index (χ2v) is 9.65. The summed E-state index contributed by atoms with van der Waals surface area (Å²) >= 11 is 1.62. The molecule has 3 heterocycles. The van der Waals surface area contributed by atoms with E-state index >= 15 is 0 Å². The molecule has 1 aromatic heterocycles. The fourth-order valence-corrected chi connectivity index (χ4v) is 5.21. The molecule has 9 nitrogen and oxygen atoms in total. The number of thiophene rings is 1. The second kappa shape index (κ2) is 11.5. The Kier molecular flexibility index (Phi) is 8.13. The maximum atomic E-state index is 12.2. The van der Waals surface area contributed by atoms with Crippen LogP contribution in [0.4, 0.5) is 5.00 Å². The van der Waals surface area contributed by atoms with Gasteiger partial charge in [0, 0.05) is 37.4 Å². The SMILES string of the molecule is COC(=O)C1CN1CC(=O)OC1CCN(c2ccc(/C=C(\C#N)c3ccc(OC)c(OC)c3)s2)CC1. The number of hydrogen-bond donors (Lipinski definition) is 0. The number of esters is 2. The fourth-order valence-electron chi connectivity index (χ4n) is 4.21. The van der Waals surface area contributed by atoms with Crippen LogP contribution in [0.1, 0.15) is 23.3 Å². The zero-order chi connectivity index (χ0) is 25.7. The summed E-state index contributed by atoms with van der Waals surface area (Å²) in [6.07, 6.45) is 3.23. The molecule has 2 unspecified atom stereocenters. The lowest BCUT2D eigenvalue weighted by atomic mass is 10.1. The number of carbonyl (C=O) groups excluding carboxylic acids is 2. The number of methoxy groups -OCH3 is 3. The molecule has 4 rings (SSSR count). The third-order valence-electron chi connectivity index (χ3n) is 6.29. The summed E-state index contributed by atoms with van der Waals surface area (Å²) in [6, 6.07) is 11.4. The monoisotopic (exact) mass is 511 g/mol. The van der Waals surface area contributed by atoms with Gasteiger partial charge in [0.1, 0.15) is 12.1 Å². The quantitative estimate of drug-likeness (QED) is 0.285. The zero-order valence-electron chi connectivity index (χ0n) is 20.6. The summed E-state index contributed by atoms with van der Waals surface area (Å²) in [5, 5.41) is 10.8. The molecule has 0 spiro atoms. The van der Waals surface area contributed by atoms with E-state index in [0.29, 0.717) is 23.6 Å². The minimum atomic E-state index is -0.320. The van der Waals surface area contributed by atoms with Gasteiger partial charge in [0.2, 0.25) is 0 Å². The second-order valence-electron chi connectivity index (χ2n) is 8.56. The van der Waals surface area contributed by atoms with Crippen LogP contribution in [0.5, 0.6) is 11.5 Å². The van der Waals surface area contributed by atoms with Crippen molar-refractivity contribution < 1.29 is 28.5 Å². The zero-order valence-corrected chi connectivity index (χ0v) is 21.4. The van der Waals surface area contributed by atoms with Crippen molar-refractivity contribution in [1.82, 2.24) is 4.90 Å². The van der Waals surface area contributed by atoms with Crippen LogP contribution in [0, 0.1) is 11.3 Å². The highest BCUT2D eigenvalue weighted by molar-refractivity contribution is 7.17. The van der Waals surface area contributed by atoms with Crippen LogP contribution in [0.25, 0.3) is 11.6 Å². The molecule has 190 valence electrons. The highest BCUT2D eigenvalue weighted by atomic mass is 32.1. The summed E-state index contributed by atoms with van der Waals surface area (Å²) < 4.78 is 21.0.